The molecule has 1 aromatic heterocycles. The Morgan fingerprint density at radius 3 is 2.59 bits per heavy atom. The number of hydrogen-bond donors (Lipinski definition) is 0. The maximum atomic E-state index is 13.4. The molecule has 0 radical (unpaired) electrons. The van der Waals surface area contributed by atoms with Gasteiger partial charge in [-0.3, -0.25) is 4.79 Å². The Labute approximate surface area is 190 Å². The van der Waals surface area contributed by atoms with Crippen LogP contribution in [0.5, 0.6) is 0 Å². The van der Waals surface area contributed by atoms with Crippen LogP contribution in [0.2, 0.25) is 0 Å². The van der Waals surface area contributed by atoms with Crippen LogP contribution in [-0.4, -0.2) is 41.5 Å². The number of aromatic nitrogens is 1. The van der Waals surface area contributed by atoms with Crippen LogP contribution in [-0.2, 0) is 6.42 Å². The molecule has 3 aromatic rings. The Kier molecular flexibility index (Phi) is 5.83. The summed E-state index contributed by atoms with van der Waals surface area (Å²) in [6, 6.07) is 14.3. The van der Waals surface area contributed by atoms with Crippen LogP contribution in [0, 0.1) is 0 Å². The van der Waals surface area contributed by atoms with E-state index < -0.39 is 0 Å². The van der Waals surface area contributed by atoms with Gasteiger partial charge >= 0.3 is 0 Å². The molecule has 0 saturated heterocycles. The van der Waals surface area contributed by atoms with E-state index in [2.05, 4.69) is 35.9 Å². The summed E-state index contributed by atoms with van der Waals surface area (Å²) in [5.74, 6) is 1.10. The Morgan fingerprint density at radius 1 is 1.12 bits per heavy atom. The standard InChI is InChI=1S/C27H31N3O2/c1-3-13-29(14-4-2)21-16-20-18-30(27(31)19-8-6-5-7-9-19)24-11-10-22(23(17-21)25(20)24)26-28-12-15-32-26/h5-12,15,20-21H,3-4,13-14,16-18H2,1-2H3/t20-,21-/m0/s1. The lowest BCUT2D eigenvalue weighted by Gasteiger charge is -2.37. The second kappa shape index (κ2) is 8.91. The highest BCUT2D eigenvalue weighted by molar-refractivity contribution is 6.08. The molecule has 0 saturated carbocycles. The van der Waals surface area contributed by atoms with Crippen LogP contribution in [0.25, 0.3) is 11.5 Å². The van der Waals surface area contributed by atoms with Gasteiger partial charge in [0.05, 0.1) is 6.20 Å². The van der Waals surface area contributed by atoms with Crippen molar-refractivity contribution >= 4 is 11.6 Å². The first-order valence-corrected chi connectivity index (χ1v) is 11.9. The number of nitrogens with zero attached hydrogens (tertiary/aromatic N) is 3. The van der Waals surface area contributed by atoms with E-state index in [0.29, 0.717) is 17.9 Å². The lowest BCUT2D eigenvalue weighted by molar-refractivity contribution is 0.0986. The van der Waals surface area contributed by atoms with Crippen LogP contribution in [0.4, 0.5) is 5.69 Å². The van der Waals surface area contributed by atoms with Gasteiger partial charge in [-0.25, -0.2) is 4.98 Å². The van der Waals surface area contributed by atoms with E-state index in [1.54, 1.807) is 12.5 Å². The Morgan fingerprint density at radius 2 is 1.91 bits per heavy atom. The molecule has 0 unspecified atom stereocenters. The molecule has 0 fully saturated rings. The van der Waals surface area contributed by atoms with E-state index in [1.807, 2.05) is 35.2 Å². The molecule has 0 spiro atoms. The van der Waals surface area contributed by atoms with Gasteiger partial charge in [0.1, 0.15) is 6.26 Å². The van der Waals surface area contributed by atoms with Crippen molar-refractivity contribution in [2.24, 2.45) is 0 Å². The monoisotopic (exact) mass is 429 g/mol. The summed E-state index contributed by atoms with van der Waals surface area (Å²) in [4.78, 5) is 22.5. The van der Waals surface area contributed by atoms with E-state index in [0.717, 1.165) is 62.1 Å². The van der Waals surface area contributed by atoms with Crippen LogP contribution in [0.15, 0.2) is 59.3 Å². The molecule has 2 aromatic carbocycles. The lowest BCUT2D eigenvalue weighted by atomic mass is 9.78. The van der Waals surface area contributed by atoms with Crippen LogP contribution < -0.4 is 4.90 Å². The molecule has 166 valence electrons. The van der Waals surface area contributed by atoms with Crippen molar-refractivity contribution in [1.29, 1.82) is 0 Å². The fraction of sp³-hybridized carbons (Fsp3) is 0.407. The lowest BCUT2D eigenvalue weighted by Crippen LogP contribution is -2.41. The van der Waals surface area contributed by atoms with Gasteiger partial charge in [0, 0.05) is 35.3 Å². The minimum Gasteiger partial charge on any atom is -0.445 e. The van der Waals surface area contributed by atoms with Crippen LogP contribution >= 0.6 is 0 Å². The minimum absolute atomic E-state index is 0.0848. The highest BCUT2D eigenvalue weighted by Crippen LogP contribution is 2.48. The fourth-order valence-corrected chi connectivity index (χ4v) is 5.63. The highest BCUT2D eigenvalue weighted by Gasteiger charge is 2.41. The Balaban J connectivity index is 1.57. The zero-order valence-electron chi connectivity index (χ0n) is 19.0. The van der Waals surface area contributed by atoms with Crippen molar-refractivity contribution in [2.75, 3.05) is 24.5 Å². The first kappa shape index (κ1) is 21.0. The van der Waals surface area contributed by atoms with E-state index in [-0.39, 0.29) is 5.91 Å². The minimum atomic E-state index is 0.0848. The smallest absolute Gasteiger partial charge is 0.258 e. The maximum Gasteiger partial charge on any atom is 0.258 e. The fourth-order valence-electron chi connectivity index (χ4n) is 5.63. The quantitative estimate of drug-likeness (QED) is 0.496. The summed E-state index contributed by atoms with van der Waals surface area (Å²) in [6.45, 7) is 7.48. The van der Waals surface area contributed by atoms with E-state index in [9.17, 15) is 4.79 Å². The molecule has 0 bridgehead atoms. The van der Waals surface area contributed by atoms with Gasteiger partial charge in [0.15, 0.2) is 0 Å². The number of oxazole rings is 1. The average Bonchev–Trinajstić information content (AvgIpc) is 3.48. The van der Waals surface area contributed by atoms with E-state index in [1.165, 1.54) is 11.1 Å². The van der Waals surface area contributed by atoms with Gasteiger partial charge in [-0.2, -0.15) is 0 Å². The summed E-state index contributed by atoms with van der Waals surface area (Å²) in [5.41, 5.74) is 5.52. The molecule has 1 amide bonds. The zero-order chi connectivity index (χ0) is 22.1. The third kappa shape index (κ3) is 3.65. The van der Waals surface area contributed by atoms with Crippen LogP contribution in [0.1, 0.15) is 60.5 Å². The van der Waals surface area contributed by atoms with Crippen molar-refractivity contribution in [2.45, 2.75) is 51.5 Å². The van der Waals surface area contributed by atoms with E-state index in [4.69, 9.17) is 4.42 Å². The number of benzene rings is 2. The van der Waals surface area contributed by atoms with Crippen molar-refractivity contribution in [3.63, 3.8) is 0 Å². The molecule has 2 atom stereocenters. The summed E-state index contributed by atoms with van der Waals surface area (Å²) in [6.07, 6.45) is 7.72. The SMILES string of the molecule is CCCN(CCC)[C@@H]1Cc2c(-c3ncco3)ccc3c2[C@@H](C1)CN3C(=O)c1ccccc1. The first-order valence-electron chi connectivity index (χ1n) is 11.9. The van der Waals surface area contributed by atoms with E-state index >= 15 is 0 Å². The molecule has 5 nitrogen and oxygen atoms in total. The summed E-state index contributed by atoms with van der Waals surface area (Å²) >= 11 is 0. The van der Waals surface area contributed by atoms with Gasteiger partial charge in [-0.1, -0.05) is 32.0 Å². The molecule has 2 aliphatic rings. The molecular formula is C27H31N3O2. The largest absolute Gasteiger partial charge is 0.445 e. The van der Waals surface area contributed by atoms with Gasteiger partial charge in [0.25, 0.3) is 5.91 Å². The molecule has 0 N–H and O–H groups in total. The average molecular weight is 430 g/mol. The van der Waals surface area contributed by atoms with Gasteiger partial charge in [-0.15, -0.1) is 0 Å². The third-order valence-electron chi connectivity index (χ3n) is 6.90. The second-order valence-electron chi connectivity index (χ2n) is 8.97. The summed E-state index contributed by atoms with van der Waals surface area (Å²) < 4.78 is 5.71. The normalized spacial score (nSPS) is 19.4. The van der Waals surface area contributed by atoms with Crippen molar-refractivity contribution in [1.82, 2.24) is 9.88 Å². The first-order chi connectivity index (χ1) is 15.7. The number of hydrogen-bond acceptors (Lipinski definition) is 4. The van der Waals surface area contributed by atoms with Crippen molar-refractivity contribution in [3.05, 3.63) is 71.6 Å². The Hall–Kier alpha value is -2.92. The number of amides is 1. The summed E-state index contributed by atoms with van der Waals surface area (Å²) in [7, 11) is 0. The number of carbonyl (C=O) groups excluding carboxylic acids is 1. The summed E-state index contributed by atoms with van der Waals surface area (Å²) in [5, 5.41) is 0. The van der Waals surface area contributed by atoms with Crippen molar-refractivity contribution in [3.8, 4) is 11.5 Å². The number of rotatable bonds is 7. The predicted molar refractivity (Wildman–Crippen MR) is 127 cm³/mol. The molecule has 2 heterocycles. The molecule has 5 rings (SSSR count). The molecule has 1 aliphatic carbocycles. The van der Waals surface area contributed by atoms with Gasteiger partial charge in [0.2, 0.25) is 5.89 Å². The second-order valence-corrected chi connectivity index (χ2v) is 8.97. The Bertz CT molecular complexity index is 1070. The zero-order valence-corrected chi connectivity index (χ0v) is 19.0. The maximum absolute atomic E-state index is 13.4. The number of carbonyl (C=O) groups is 1. The van der Waals surface area contributed by atoms with Gasteiger partial charge in [-0.05, 0) is 74.2 Å². The van der Waals surface area contributed by atoms with Gasteiger partial charge < -0.3 is 14.2 Å². The molecular weight excluding hydrogens is 398 g/mol. The topological polar surface area (TPSA) is 49.6 Å². The predicted octanol–water partition coefficient (Wildman–Crippen LogP) is 5.52. The molecule has 32 heavy (non-hydrogen) atoms. The number of anilines is 1. The molecule has 1 aliphatic heterocycles. The van der Waals surface area contributed by atoms with Crippen molar-refractivity contribution < 1.29 is 9.21 Å². The third-order valence-corrected chi connectivity index (χ3v) is 6.90. The molecule has 5 heteroatoms. The highest BCUT2D eigenvalue weighted by atomic mass is 16.3. The van der Waals surface area contributed by atoms with Crippen LogP contribution in [0.3, 0.4) is 0 Å².